The number of hydrogen-bond donors (Lipinski definition) is 1. The molecule has 1 atom stereocenters. The lowest BCUT2D eigenvalue weighted by atomic mass is 9.99. The zero-order valence-electron chi connectivity index (χ0n) is 7.84. The molecule has 0 aromatic rings. The first-order valence-electron chi connectivity index (χ1n) is 4.71. The highest BCUT2D eigenvalue weighted by molar-refractivity contribution is 5.81. The molecule has 1 saturated carbocycles. The van der Waals surface area contributed by atoms with E-state index in [9.17, 15) is 4.79 Å². The number of carbonyl (C=O) groups excluding carboxylic acids is 1. The number of ether oxygens (including phenoxy) is 2. The molecule has 4 heteroatoms. The molecule has 2 aliphatic rings. The van der Waals surface area contributed by atoms with Crippen molar-refractivity contribution in [1.29, 1.82) is 0 Å². The van der Waals surface area contributed by atoms with Gasteiger partial charge >= 0.3 is 5.97 Å². The first-order chi connectivity index (χ1) is 6.27. The van der Waals surface area contributed by atoms with Crippen LogP contribution in [0.3, 0.4) is 0 Å². The smallest absolute Gasteiger partial charge is 0.328 e. The SMILES string of the molecule is COC(=O)C1(NC2CC2)CCOC1. The van der Waals surface area contributed by atoms with Gasteiger partial charge < -0.3 is 9.47 Å². The van der Waals surface area contributed by atoms with Crippen molar-refractivity contribution in [2.75, 3.05) is 20.3 Å². The van der Waals surface area contributed by atoms with Crippen LogP contribution in [0.2, 0.25) is 0 Å². The number of methoxy groups -OCH3 is 1. The highest BCUT2D eigenvalue weighted by Crippen LogP contribution is 2.28. The molecule has 2 fully saturated rings. The monoisotopic (exact) mass is 185 g/mol. The Morgan fingerprint density at radius 2 is 2.38 bits per heavy atom. The highest BCUT2D eigenvalue weighted by atomic mass is 16.5. The van der Waals surface area contributed by atoms with Gasteiger partial charge in [-0.15, -0.1) is 0 Å². The Labute approximate surface area is 77.6 Å². The van der Waals surface area contributed by atoms with Crippen LogP contribution in [0.25, 0.3) is 0 Å². The predicted octanol–water partition coefficient (Wildman–Crippen LogP) is 0.0705. The molecule has 1 saturated heterocycles. The van der Waals surface area contributed by atoms with Gasteiger partial charge in [0.15, 0.2) is 0 Å². The molecule has 74 valence electrons. The van der Waals surface area contributed by atoms with Crippen LogP contribution in [0, 0.1) is 0 Å². The molecule has 0 spiro atoms. The summed E-state index contributed by atoms with van der Waals surface area (Å²) in [6.07, 6.45) is 3.06. The summed E-state index contributed by atoms with van der Waals surface area (Å²) in [7, 11) is 1.43. The third-order valence-electron chi connectivity index (χ3n) is 2.66. The summed E-state index contributed by atoms with van der Waals surface area (Å²) in [5.74, 6) is -0.183. The van der Waals surface area contributed by atoms with Crippen LogP contribution in [0.4, 0.5) is 0 Å². The summed E-state index contributed by atoms with van der Waals surface area (Å²) in [5.41, 5.74) is -0.546. The van der Waals surface area contributed by atoms with Crippen LogP contribution in [0.15, 0.2) is 0 Å². The number of nitrogens with one attached hydrogen (secondary N) is 1. The molecular weight excluding hydrogens is 170 g/mol. The van der Waals surface area contributed by atoms with Gasteiger partial charge in [-0.25, -0.2) is 4.79 Å². The molecule has 0 radical (unpaired) electrons. The maximum Gasteiger partial charge on any atom is 0.328 e. The van der Waals surface area contributed by atoms with E-state index in [0.717, 1.165) is 6.42 Å². The molecule has 1 aliphatic heterocycles. The highest BCUT2D eigenvalue weighted by Gasteiger charge is 2.46. The van der Waals surface area contributed by atoms with Gasteiger partial charge in [-0.05, 0) is 12.8 Å². The summed E-state index contributed by atoms with van der Waals surface area (Å²) in [4.78, 5) is 11.5. The van der Waals surface area contributed by atoms with Gasteiger partial charge in [0, 0.05) is 19.1 Å². The van der Waals surface area contributed by atoms with E-state index in [0.29, 0.717) is 19.3 Å². The molecule has 0 aromatic heterocycles. The van der Waals surface area contributed by atoms with Gasteiger partial charge in [0.1, 0.15) is 5.54 Å². The van der Waals surface area contributed by atoms with E-state index in [-0.39, 0.29) is 5.97 Å². The van der Waals surface area contributed by atoms with Gasteiger partial charge in [0.2, 0.25) is 0 Å². The molecule has 0 bridgehead atoms. The van der Waals surface area contributed by atoms with Crippen molar-refractivity contribution >= 4 is 5.97 Å². The number of hydrogen-bond acceptors (Lipinski definition) is 4. The van der Waals surface area contributed by atoms with E-state index in [1.807, 2.05) is 0 Å². The van der Waals surface area contributed by atoms with E-state index in [1.165, 1.54) is 20.0 Å². The summed E-state index contributed by atoms with van der Waals surface area (Å²) in [6.45, 7) is 1.10. The molecule has 13 heavy (non-hydrogen) atoms. The van der Waals surface area contributed by atoms with E-state index < -0.39 is 5.54 Å². The van der Waals surface area contributed by atoms with Crippen LogP contribution < -0.4 is 5.32 Å². The van der Waals surface area contributed by atoms with Crippen molar-refractivity contribution in [2.24, 2.45) is 0 Å². The second-order valence-electron chi connectivity index (χ2n) is 3.79. The predicted molar refractivity (Wildman–Crippen MR) is 46.3 cm³/mol. The third-order valence-corrected chi connectivity index (χ3v) is 2.66. The van der Waals surface area contributed by atoms with Crippen LogP contribution in [0.5, 0.6) is 0 Å². The zero-order valence-corrected chi connectivity index (χ0v) is 7.84. The topological polar surface area (TPSA) is 47.6 Å². The molecule has 1 heterocycles. The molecule has 1 aliphatic carbocycles. The van der Waals surface area contributed by atoms with Gasteiger partial charge in [-0.2, -0.15) is 0 Å². The Balaban J connectivity index is 2.03. The van der Waals surface area contributed by atoms with Crippen molar-refractivity contribution in [3.05, 3.63) is 0 Å². The molecule has 0 amide bonds. The maximum atomic E-state index is 11.5. The summed E-state index contributed by atoms with van der Waals surface area (Å²) < 4.78 is 10.0. The Morgan fingerprint density at radius 3 is 2.85 bits per heavy atom. The summed E-state index contributed by atoms with van der Waals surface area (Å²) in [6, 6.07) is 0.501. The fourth-order valence-electron chi connectivity index (χ4n) is 1.71. The number of carbonyl (C=O) groups is 1. The molecule has 2 rings (SSSR count). The second-order valence-corrected chi connectivity index (χ2v) is 3.79. The number of rotatable bonds is 3. The molecule has 0 aromatic carbocycles. The van der Waals surface area contributed by atoms with Crippen molar-refractivity contribution in [3.63, 3.8) is 0 Å². The van der Waals surface area contributed by atoms with Crippen LogP contribution in [-0.2, 0) is 14.3 Å². The Kier molecular flexibility index (Phi) is 2.26. The average molecular weight is 185 g/mol. The molecule has 1 N–H and O–H groups in total. The van der Waals surface area contributed by atoms with Gasteiger partial charge in [0.05, 0.1) is 13.7 Å². The molecular formula is C9H15NO3. The fourth-order valence-corrected chi connectivity index (χ4v) is 1.71. The second kappa shape index (κ2) is 3.27. The van der Waals surface area contributed by atoms with Crippen LogP contribution in [-0.4, -0.2) is 37.9 Å². The lowest BCUT2D eigenvalue weighted by molar-refractivity contribution is -0.148. The Bertz CT molecular complexity index is 207. The van der Waals surface area contributed by atoms with Crippen molar-refractivity contribution in [1.82, 2.24) is 5.32 Å². The Morgan fingerprint density at radius 1 is 1.62 bits per heavy atom. The molecule has 4 nitrogen and oxygen atoms in total. The van der Waals surface area contributed by atoms with Crippen molar-refractivity contribution < 1.29 is 14.3 Å². The first kappa shape index (κ1) is 8.97. The normalized spacial score (nSPS) is 33.3. The largest absolute Gasteiger partial charge is 0.468 e. The van der Waals surface area contributed by atoms with Crippen LogP contribution in [0.1, 0.15) is 19.3 Å². The quantitative estimate of drug-likeness (QED) is 0.632. The standard InChI is InChI=1S/C9H15NO3/c1-12-8(11)9(4-5-13-6-9)10-7-2-3-7/h7,10H,2-6H2,1H3. The number of esters is 1. The summed E-state index contributed by atoms with van der Waals surface area (Å²) in [5, 5.41) is 3.32. The Hall–Kier alpha value is -0.610. The zero-order chi connectivity index (χ0) is 9.31. The molecule has 1 unspecified atom stereocenters. The van der Waals surface area contributed by atoms with E-state index in [4.69, 9.17) is 9.47 Å². The van der Waals surface area contributed by atoms with Crippen molar-refractivity contribution in [2.45, 2.75) is 30.8 Å². The van der Waals surface area contributed by atoms with Crippen LogP contribution >= 0.6 is 0 Å². The van der Waals surface area contributed by atoms with Gasteiger partial charge in [-0.1, -0.05) is 0 Å². The van der Waals surface area contributed by atoms with E-state index in [2.05, 4.69) is 5.32 Å². The van der Waals surface area contributed by atoms with E-state index in [1.54, 1.807) is 0 Å². The lowest BCUT2D eigenvalue weighted by Gasteiger charge is -2.25. The van der Waals surface area contributed by atoms with Crippen molar-refractivity contribution in [3.8, 4) is 0 Å². The third kappa shape index (κ3) is 1.69. The van der Waals surface area contributed by atoms with Gasteiger partial charge in [-0.3, -0.25) is 5.32 Å². The van der Waals surface area contributed by atoms with Gasteiger partial charge in [0.25, 0.3) is 0 Å². The minimum absolute atomic E-state index is 0.183. The maximum absolute atomic E-state index is 11.5. The average Bonchev–Trinajstić information content (AvgIpc) is 2.81. The summed E-state index contributed by atoms with van der Waals surface area (Å²) >= 11 is 0. The lowest BCUT2D eigenvalue weighted by Crippen LogP contribution is -2.54. The minimum atomic E-state index is -0.546. The first-order valence-corrected chi connectivity index (χ1v) is 4.71. The fraction of sp³-hybridized carbons (Fsp3) is 0.889. The van der Waals surface area contributed by atoms with E-state index >= 15 is 0 Å². The minimum Gasteiger partial charge on any atom is -0.468 e.